The number of Topliss-reactive ketones (excluding diaryl/α,β-unsaturated/α-hetero) is 1. The standard InChI is InChI=1S/C20H20F3NO/c1-4-5-6-13(12(3)25)14-8-9-15(19(23)20(14)24)17-16(21)10-7-11(2)18(17)22/h6-10H,4-5,24H2,1-3H3/b13-6-. The molecule has 0 fully saturated rings. The van der Waals surface area contributed by atoms with E-state index >= 15 is 0 Å². The highest BCUT2D eigenvalue weighted by atomic mass is 19.1. The van der Waals surface area contributed by atoms with Gasteiger partial charge in [0.05, 0.1) is 11.3 Å². The molecule has 2 aromatic carbocycles. The molecule has 0 atom stereocenters. The third-order valence-electron chi connectivity index (χ3n) is 4.04. The number of unbranched alkanes of at least 4 members (excludes halogenated alkanes) is 1. The highest BCUT2D eigenvalue weighted by Crippen LogP contribution is 2.35. The van der Waals surface area contributed by atoms with Gasteiger partial charge in [0, 0.05) is 16.7 Å². The summed E-state index contributed by atoms with van der Waals surface area (Å²) in [5, 5.41) is 0. The maximum atomic E-state index is 14.8. The number of hydrogen-bond donors (Lipinski definition) is 1. The molecule has 25 heavy (non-hydrogen) atoms. The SMILES string of the molecule is CCC/C=C(/C(C)=O)c1ccc(-c2c(F)ccc(C)c2F)c(F)c1N. The summed E-state index contributed by atoms with van der Waals surface area (Å²) in [5.41, 5.74) is 5.57. The highest BCUT2D eigenvalue weighted by Gasteiger charge is 2.21. The molecule has 0 heterocycles. The molecule has 0 spiro atoms. The molecule has 0 unspecified atom stereocenters. The number of anilines is 1. The predicted octanol–water partition coefficient (Wildman–Crippen LogP) is 5.43. The highest BCUT2D eigenvalue weighted by molar-refractivity contribution is 6.21. The van der Waals surface area contributed by atoms with Crippen LogP contribution >= 0.6 is 0 Å². The minimum Gasteiger partial charge on any atom is -0.396 e. The van der Waals surface area contributed by atoms with Gasteiger partial charge in [-0.15, -0.1) is 0 Å². The van der Waals surface area contributed by atoms with Crippen LogP contribution in [0.5, 0.6) is 0 Å². The van der Waals surface area contributed by atoms with Gasteiger partial charge in [-0.2, -0.15) is 0 Å². The molecule has 0 bridgehead atoms. The van der Waals surface area contributed by atoms with Crippen molar-refractivity contribution in [1.82, 2.24) is 0 Å². The van der Waals surface area contributed by atoms with Crippen LogP contribution in [0.25, 0.3) is 16.7 Å². The van der Waals surface area contributed by atoms with Crippen molar-refractivity contribution in [3.05, 3.63) is 58.9 Å². The van der Waals surface area contributed by atoms with Gasteiger partial charge < -0.3 is 5.73 Å². The molecule has 2 nitrogen and oxygen atoms in total. The van der Waals surface area contributed by atoms with Gasteiger partial charge in [0.25, 0.3) is 0 Å². The van der Waals surface area contributed by atoms with Crippen LogP contribution < -0.4 is 5.73 Å². The van der Waals surface area contributed by atoms with Crippen LogP contribution in [-0.4, -0.2) is 5.78 Å². The topological polar surface area (TPSA) is 43.1 Å². The van der Waals surface area contributed by atoms with Gasteiger partial charge in [-0.05, 0) is 31.9 Å². The number of rotatable bonds is 5. The average Bonchev–Trinajstić information content (AvgIpc) is 2.56. The Morgan fingerprint density at radius 3 is 2.40 bits per heavy atom. The van der Waals surface area contributed by atoms with Crippen molar-refractivity contribution >= 4 is 17.0 Å². The van der Waals surface area contributed by atoms with Crippen LogP contribution in [0, 0.1) is 24.4 Å². The van der Waals surface area contributed by atoms with Gasteiger partial charge in [0.1, 0.15) is 11.6 Å². The summed E-state index contributed by atoms with van der Waals surface area (Å²) < 4.78 is 43.2. The monoisotopic (exact) mass is 347 g/mol. The van der Waals surface area contributed by atoms with Gasteiger partial charge >= 0.3 is 0 Å². The maximum absolute atomic E-state index is 14.8. The molecule has 0 amide bonds. The zero-order valence-corrected chi connectivity index (χ0v) is 14.4. The number of ketones is 1. The molecule has 0 radical (unpaired) electrons. The van der Waals surface area contributed by atoms with Gasteiger partial charge in [-0.3, -0.25) is 4.79 Å². The molecule has 2 aromatic rings. The lowest BCUT2D eigenvalue weighted by Crippen LogP contribution is -2.05. The van der Waals surface area contributed by atoms with Gasteiger partial charge in [-0.25, -0.2) is 13.2 Å². The lowest BCUT2D eigenvalue weighted by atomic mass is 9.94. The van der Waals surface area contributed by atoms with E-state index < -0.39 is 23.0 Å². The van der Waals surface area contributed by atoms with Gasteiger partial charge in [-0.1, -0.05) is 37.6 Å². The minimum atomic E-state index is -0.940. The molecular weight excluding hydrogens is 327 g/mol. The number of hydrogen-bond acceptors (Lipinski definition) is 2. The summed E-state index contributed by atoms with van der Waals surface area (Å²) in [4.78, 5) is 11.9. The Morgan fingerprint density at radius 1 is 1.12 bits per heavy atom. The molecule has 0 aromatic heterocycles. The van der Waals surface area contributed by atoms with Crippen molar-refractivity contribution in [3.63, 3.8) is 0 Å². The second kappa shape index (κ2) is 7.55. The normalized spacial score (nSPS) is 11.7. The average molecular weight is 347 g/mol. The molecule has 2 N–H and O–H groups in total. The molecule has 0 aliphatic carbocycles. The van der Waals surface area contributed by atoms with Crippen molar-refractivity contribution in [1.29, 1.82) is 0 Å². The minimum absolute atomic E-state index is 0.200. The Hall–Kier alpha value is -2.56. The van der Waals surface area contributed by atoms with Crippen molar-refractivity contribution in [2.24, 2.45) is 0 Å². The van der Waals surface area contributed by atoms with E-state index in [0.29, 0.717) is 12.0 Å². The lowest BCUT2D eigenvalue weighted by molar-refractivity contribution is -0.111. The molecule has 5 heteroatoms. The van der Waals surface area contributed by atoms with Crippen molar-refractivity contribution in [2.75, 3.05) is 5.73 Å². The van der Waals surface area contributed by atoms with Crippen molar-refractivity contribution in [3.8, 4) is 11.1 Å². The van der Waals surface area contributed by atoms with Crippen LogP contribution in [0.4, 0.5) is 18.9 Å². The van der Waals surface area contributed by atoms with Crippen LogP contribution in [0.15, 0.2) is 30.3 Å². The summed E-state index contributed by atoms with van der Waals surface area (Å²) in [7, 11) is 0. The predicted molar refractivity (Wildman–Crippen MR) is 94.5 cm³/mol. The third kappa shape index (κ3) is 3.60. The molecule has 0 saturated heterocycles. The fourth-order valence-electron chi connectivity index (χ4n) is 2.66. The molecule has 0 saturated carbocycles. The molecule has 0 aliphatic heterocycles. The van der Waals surface area contributed by atoms with E-state index in [1.165, 1.54) is 32.0 Å². The quantitative estimate of drug-likeness (QED) is 0.578. The van der Waals surface area contributed by atoms with Crippen LogP contribution in [0.1, 0.15) is 37.8 Å². The summed E-state index contributed by atoms with van der Waals surface area (Å²) in [5.74, 6) is -2.90. The Balaban J connectivity index is 2.67. The zero-order chi connectivity index (χ0) is 18.7. The van der Waals surface area contributed by atoms with E-state index in [-0.39, 0.29) is 28.2 Å². The van der Waals surface area contributed by atoms with Crippen LogP contribution in [-0.2, 0) is 4.79 Å². The largest absolute Gasteiger partial charge is 0.396 e. The summed E-state index contributed by atoms with van der Waals surface area (Å²) in [6.45, 7) is 4.78. The first kappa shape index (κ1) is 18.8. The van der Waals surface area contributed by atoms with E-state index in [9.17, 15) is 18.0 Å². The van der Waals surface area contributed by atoms with Crippen molar-refractivity contribution < 1.29 is 18.0 Å². The van der Waals surface area contributed by atoms with Crippen molar-refractivity contribution in [2.45, 2.75) is 33.6 Å². The number of carbonyl (C=O) groups is 1. The number of carbonyl (C=O) groups excluding carboxylic acids is 1. The summed E-state index contributed by atoms with van der Waals surface area (Å²) >= 11 is 0. The van der Waals surface area contributed by atoms with Crippen LogP contribution in [0.2, 0.25) is 0 Å². The number of benzene rings is 2. The second-order valence-electron chi connectivity index (χ2n) is 5.90. The number of halogens is 3. The summed E-state index contributed by atoms with van der Waals surface area (Å²) in [6, 6.07) is 5.05. The Kier molecular flexibility index (Phi) is 5.67. The molecular formula is C20H20F3NO. The van der Waals surface area contributed by atoms with Gasteiger partial charge in [0.2, 0.25) is 0 Å². The van der Waals surface area contributed by atoms with Gasteiger partial charge in [0.15, 0.2) is 11.6 Å². The Labute approximate surface area is 145 Å². The second-order valence-corrected chi connectivity index (χ2v) is 5.90. The molecule has 0 aliphatic rings. The fourth-order valence-corrected chi connectivity index (χ4v) is 2.66. The Bertz CT molecular complexity index is 857. The van der Waals surface area contributed by atoms with E-state index in [0.717, 1.165) is 12.5 Å². The first-order chi connectivity index (χ1) is 11.8. The lowest BCUT2D eigenvalue weighted by Gasteiger charge is -2.14. The number of nitrogens with two attached hydrogens (primary N) is 1. The van der Waals surface area contributed by atoms with E-state index in [1.807, 2.05) is 6.92 Å². The summed E-state index contributed by atoms with van der Waals surface area (Å²) in [6.07, 6.45) is 3.15. The zero-order valence-electron chi connectivity index (χ0n) is 14.4. The smallest absolute Gasteiger partial charge is 0.160 e. The Morgan fingerprint density at radius 2 is 1.80 bits per heavy atom. The van der Waals surface area contributed by atoms with E-state index in [1.54, 1.807) is 6.08 Å². The van der Waals surface area contributed by atoms with E-state index in [2.05, 4.69) is 0 Å². The first-order valence-electron chi connectivity index (χ1n) is 8.04. The fraction of sp³-hybridized carbons (Fsp3) is 0.250. The first-order valence-corrected chi connectivity index (χ1v) is 8.04. The molecule has 2 rings (SSSR count). The number of nitrogen functional groups attached to an aromatic ring is 1. The number of aryl methyl sites for hydroxylation is 1. The molecule has 132 valence electrons. The van der Waals surface area contributed by atoms with E-state index in [4.69, 9.17) is 5.73 Å². The maximum Gasteiger partial charge on any atom is 0.160 e. The van der Waals surface area contributed by atoms with Crippen LogP contribution in [0.3, 0.4) is 0 Å². The number of allylic oxidation sites excluding steroid dienone is 2. The third-order valence-corrected chi connectivity index (χ3v) is 4.04.